The number of hydrogen-bond donors (Lipinski definition) is 0. The smallest absolute Gasteiger partial charge is 0.279 e. The van der Waals surface area contributed by atoms with Crippen molar-refractivity contribution in [2.75, 3.05) is 11.4 Å². The van der Waals surface area contributed by atoms with Crippen LogP contribution in [0.1, 0.15) is 30.9 Å². The van der Waals surface area contributed by atoms with Crippen LogP contribution in [0.4, 0.5) is 5.69 Å². The summed E-state index contributed by atoms with van der Waals surface area (Å²) >= 11 is 0. The summed E-state index contributed by atoms with van der Waals surface area (Å²) in [7, 11) is 0. The van der Waals surface area contributed by atoms with Gasteiger partial charge >= 0.3 is 0 Å². The largest absolute Gasteiger partial charge is 0.306 e. The highest BCUT2D eigenvalue weighted by molar-refractivity contribution is 6.54. The lowest BCUT2D eigenvalue weighted by Crippen LogP contribution is -2.30. The third-order valence-electron chi connectivity index (χ3n) is 4.99. The molecule has 1 amide bonds. The highest BCUT2D eigenvalue weighted by Crippen LogP contribution is 2.29. The lowest BCUT2D eigenvalue weighted by atomic mass is 10.1. The van der Waals surface area contributed by atoms with Crippen LogP contribution >= 0.6 is 0 Å². The first-order valence-corrected chi connectivity index (χ1v) is 10.2. The first kappa shape index (κ1) is 20.2. The van der Waals surface area contributed by atoms with Crippen molar-refractivity contribution < 1.29 is 4.79 Å². The zero-order chi connectivity index (χ0) is 21.6. The summed E-state index contributed by atoms with van der Waals surface area (Å²) in [6, 6.07) is 19.6. The van der Waals surface area contributed by atoms with Gasteiger partial charge in [0, 0.05) is 29.4 Å². The number of aryl methyl sites for hydroxylation is 1. The number of nitriles is 1. The number of carbonyl (C=O) groups is 1. The number of rotatable bonds is 7. The van der Waals surface area contributed by atoms with Gasteiger partial charge in [-0.1, -0.05) is 55.5 Å². The van der Waals surface area contributed by atoms with Gasteiger partial charge in [-0.25, -0.2) is 0 Å². The summed E-state index contributed by atoms with van der Waals surface area (Å²) in [5.41, 5.74) is 4.50. The average molecular weight is 410 g/mol. The maximum atomic E-state index is 12.9. The van der Waals surface area contributed by atoms with Crippen molar-refractivity contribution in [3.8, 4) is 17.3 Å². The number of para-hydroxylation sites is 1. The van der Waals surface area contributed by atoms with Gasteiger partial charge in [0.25, 0.3) is 5.91 Å². The van der Waals surface area contributed by atoms with E-state index in [1.807, 2.05) is 67.7 Å². The Hall–Kier alpha value is -4.05. The standard InChI is InChI=1S/C24H22N6O/c1-2-14-30-21-12-7-6-11-20(21)23(24(30)31)27-26-16-19-17-29(15-8-13-25)28-22(19)18-9-4-3-5-10-18/h3-7,9-12,16-17H,2,8,14-15H2,1H3/b26-16-,27-23+. The Bertz CT molecular complexity index is 1190. The summed E-state index contributed by atoms with van der Waals surface area (Å²) in [5.74, 6) is -0.131. The molecule has 0 unspecified atom stereocenters. The maximum absolute atomic E-state index is 12.9. The molecule has 0 atom stereocenters. The molecule has 2 aromatic carbocycles. The number of hydrogen-bond acceptors (Lipinski definition) is 5. The van der Waals surface area contributed by atoms with E-state index in [1.165, 1.54) is 0 Å². The van der Waals surface area contributed by atoms with Gasteiger partial charge < -0.3 is 4.90 Å². The third-order valence-corrected chi connectivity index (χ3v) is 4.99. The Morgan fingerprint density at radius 3 is 2.65 bits per heavy atom. The zero-order valence-corrected chi connectivity index (χ0v) is 17.3. The number of nitrogens with zero attached hydrogens (tertiary/aromatic N) is 6. The van der Waals surface area contributed by atoms with Gasteiger partial charge in [0.2, 0.25) is 0 Å². The molecule has 0 radical (unpaired) electrons. The van der Waals surface area contributed by atoms with E-state index in [1.54, 1.807) is 15.8 Å². The van der Waals surface area contributed by atoms with Gasteiger partial charge in [-0.15, -0.1) is 5.10 Å². The third kappa shape index (κ3) is 4.14. The van der Waals surface area contributed by atoms with Crippen LogP contribution in [0.5, 0.6) is 0 Å². The van der Waals surface area contributed by atoms with Gasteiger partial charge in [-0.2, -0.15) is 15.5 Å². The van der Waals surface area contributed by atoms with E-state index >= 15 is 0 Å². The van der Waals surface area contributed by atoms with Crippen molar-refractivity contribution >= 4 is 23.5 Å². The van der Waals surface area contributed by atoms with Crippen molar-refractivity contribution in [1.29, 1.82) is 5.26 Å². The molecule has 0 N–H and O–H groups in total. The van der Waals surface area contributed by atoms with Crippen molar-refractivity contribution in [1.82, 2.24) is 9.78 Å². The normalized spacial score (nSPS) is 14.4. The average Bonchev–Trinajstić information content (AvgIpc) is 3.33. The zero-order valence-electron chi connectivity index (χ0n) is 17.3. The van der Waals surface area contributed by atoms with Gasteiger partial charge in [-0.05, 0) is 12.5 Å². The van der Waals surface area contributed by atoms with Crippen LogP contribution in [0.2, 0.25) is 0 Å². The molecule has 0 spiro atoms. The molecule has 1 aromatic heterocycles. The van der Waals surface area contributed by atoms with Crippen molar-refractivity contribution in [3.63, 3.8) is 0 Å². The number of carbonyl (C=O) groups excluding carboxylic acids is 1. The first-order valence-electron chi connectivity index (χ1n) is 10.2. The topological polar surface area (TPSA) is 86.6 Å². The predicted octanol–water partition coefficient (Wildman–Crippen LogP) is 4.04. The second-order valence-corrected chi connectivity index (χ2v) is 7.14. The molecule has 0 bridgehead atoms. The van der Waals surface area contributed by atoms with E-state index in [0.717, 1.165) is 34.5 Å². The predicted molar refractivity (Wildman–Crippen MR) is 121 cm³/mol. The molecule has 7 nitrogen and oxygen atoms in total. The minimum atomic E-state index is -0.131. The molecule has 1 aliphatic rings. The van der Waals surface area contributed by atoms with E-state index in [2.05, 4.69) is 21.4 Å². The van der Waals surface area contributed by atoms with Crippen LogP contribution in [0.25, 0.3) is 11.3 Å². The van der Waals surface area contributed by atoms with Crippen LogP contribution in [0.15, 0.2) is 71.0 Å². The lowest BCUT2D eigenvalue weighted by molar-refractivity contribution is -0.112. The van der Waals surface area contributed by atoms with E-state index in [0.29, 0.717) is 25.2 Å². The van der Waals surface area contributed by atoms with Gasteiger partial charge in [0.05, 0.1) is 30.9 Å². The first-order chi connectivity index (χ1) is 15.2. The minimum absolute atomic E-state index is 0.131. The van der Waals surface area contributed by atoms with Crippen LogP contribution < -0.4 is 4.90 Å². The summed E-state index contributed by atoms with van der Waals surface area (Å²) in [4.78, 5) is 14.6. The molecule has 2 heterocycles. The van der Waals surface area contributed by atoms with Gasteiger partial charge in [0.15, 0.2) is 5.71 Å². The molecular weight excluding hydrogens is 388 g/mol. The van der Waals surface area contributed by atoms with Gasteiger partial charge in [-0.3, -0.25) is 9.48 Å². The Labute approximate surface area is 181 Å². The van der Waals surface area contributed by atoms with E-state index in [4.69, 9.17) is 5.26 Å². The molecule has 31 heavy (non-hydrogen) atoms. The fraction of sp³-hybridized carbons (Fsp3) is 0.208. The Kier molecular flexibility index (Phi) is 5.99. The highest BCUT2D eigenvalue weighted by Gasteiger charge is 2.33. The molecule has 0 fully saturated rings. The van der Waals surface area contributed by atoms with E-state index in [-0.39, 0.29) is 5.91 Å². The van der Waals surface area contributed by atoms with Crippen molar-refractivity contribution in [3.05, 3.63) is 71.9 Å². The molecule has 154 valence electrons. The number of benzene rings is 2. The van der Waals surface area contributed by atoms with Crippen LogP contribution in [0.3, 0.4) is 0 Å². The highest BCUT2D eigenvalue weighted by atomic mass is 16.2. The summed E-state index contributed by atoms with van der Waals surface area (Å²) in [5, 5.41) is 22.0. The van der Waals surface area contributed by atoms with E-state index < -0.39 is 0 Å². The Balaban J connectivity index is 1.67. The van der Waals surface area contributed by atoms with Crippen LogP contribution in [-0.2, 0) is 11.3 Å². The molecule has 0 aliphatic carbocycles. The quantitative estimate of drug-likeness (QED) is 0.435. The summed E-state index contributed by atoms with van der Waals surface area (Å²) in [6.45, 7) is 3.18. The number of fused-ring (bicyclic) bond motifs is 1. The fourth-order valence-electron chi connectivity index (χ4n) is 3.58. The maximum Gasteiger partial charge on any atom is 0.279 e. The SMILES string of the molecule is CCCN1C(=O)/C(=N/N=C\c2cn(CCC#N)nc2-c2ccccc2)c2ccccc21. The molecule has 0 saturated heterocycles. The molecule has 1 aliphatic heterocycles. The molecular formula is C24H22N6O. The van der Waals surface area contributed by atoms with E-state index in [9.17, 15) is 4.79 Å². The number of aromatic nitrogens is 2. The monoisotopic (exact) mass is 410 g/mol. The second kappa shape index (κ2) is 9.18. The van der Waals surface area contributed by atoms with Gasteiger partial charge in [0.1, 0.15) is 5.69 Å². The fourth-order valence-corrected chi connectivity index (χ4v) is 3.58. The van der Waals surface area contributed by atoms with Crippen molar-refractivity contribution in [2.45, 2.75) is 26.3 Å². The Morgan fingerprint density at radius 2 is 1.87 bits per heavy atom. The molecule has 4 rings (SSSR count). The second-order valence-electron chi connectivity index (χ2n) is 7.14. The minimum Gasteiger partial charge on any atom is -0.306 e. The number of amides is 1. The number of anilines is 1. The van der Waals surface area contributed by atoms with Crippen LogP contribution in [-0.4, -0.2) is 34.2 Å². The molecule has 7 heteroatoms. The Morgan fingerprint density at radius 1 is 1.10 bits per heavy atom. The van der Waals surface area contributed by atoms with Crippen LogP contribution in [0, 0.1) is 11.3 Å². The van der Waals surface area contributed by atoms with Crippen molar-refractivity contribution in [2.24, 2.45) is 10.2 Å². The molecule has 3 aromatic rings. The summed E-state index contributed by atoms with van der Waals surface area (Å²) < 4.78 is 1.74. The summed E-state index contributed by atoms with van der Waals surface area (Å²) in [6.07, 6.45) is 4.69. The molecule has 0 saturated carbocycles. The lowest BCUT2D eigenvalue weighted by Gasteiger charge is -2.14.